The Morgan fingerprint density at radius 2 is 2.29 bits per heavy atom. The molecular formula is C9H8FINO2. The molecule has 0 bridgehead atoms. The van der Waals surface area contributed by atoms with E-state index in [4.69, 9.17) is 0 Å². The van der Waals surface area contributed by atoms with Crippen molar-refractivity contribution in [1.82, 2.24) is 0 Å². The van der Waals surface area contributed by atoms with E-state index in [-0.39, 0.29) is 5.69 Å². The molecule has 75 valence electrons. The zero-order valence-electron chi connectivity index (χ0n) is 7.24. The van der Waals surface area contributed by atoms with E-state index in [0.29, 0.717) is 9.13 Å². The SMILES string of the molecule is [CH2]C(CF)c1ccc(I)c([N+](=O)[O-])c1. The van der Waals surface area contributed by atoms with Gasteiger partial charge >= 0.3 is 0 Å². The van der Waals surface area contributed by atoms with E-state index >= 15 is 0 Å². The highest BCUT2D eigenvalue weighted by molar-refractivity contribution is 14.1. The molecule has 0 saturated heterocycles. The van der Waals surface area contributed by atoms with Crippen molar-refractivity contribution in [2.75, 3.05) is 6.67 Å². The minimum atomic E-state index is -0.613. The van der Waals surface area contributed by atoms with Gasteiger partial charge in [0.25, 0.3) is 5.69 Å². The van der Waals surface area contributed by atoms with Crippen LogP contribution in [0.1, 0.15) is 11.5 Å². The van der Waals surface area contributed by atoms with Crippen LogP contribution in [0.15, 0.2) is 18.2 Å². The van der Waals surface area contributed by atoms with Crippen molar-refractivity contribution in [2.45, 2.75) is 5.92 Å². The lowest BCUT2D eigenvalue weighted by atomic mass is 10.0. The fourth-order valence-electron chi connectivity index (χ4n) is 1.01. The Hall–Kier alpha value is -0.720. The van der Waals surface area contributed by atoms with E-state index < -0.39 is 17.5 Å². The van der Waals surface area contributed by atoms with Crippen LogP contribution in [-0.2, 0) is 0 Å². The molecule has 0 amide bonds. The number of rotatable bonds is 3. The van der Waals surface area contributed by atoms with Crippen LogP contribution < -0.4 is 0 Å². The molecule has 5 heteroatoms. The van der Waals surface area contributed by atoms with Gasteiger partial charge in [0.15, 0.2) is 0 Å². The molecule has 0 aliphatic carbocycles. The first-order chi connectivity index (χ1) is 6.56. The van der Waals surface area contributed by atoms with Crippen LogP contribution in [0.2, 0.25) is 0 Å². The second kappa shape index (κ2) is 4.68. The highest BCUT2D eigenvalue weighted by Crippen LogP contribution is 2.25. The van der Waals surface area contributed by atoms with Crippen molar-refractivity contribution in [1.29, 1.82) is 0 Å². The van der Waals surface area contributed by atoms with Crippen molar-refractivity contribution in [3.8, 4) is 0 Å². The fourth-order valence-corrected chi connectivity index (χ4v) is 1.55. The zero-order chi connectivity index (χ0) is 10.7. The minimum absolute atomic E-state index is 0.00481. The molecule has 1 rings (SSSR count). The fraction of sp³-hybridized carbons (Fsp3) is 0.222. The molecule has 1 aromatic carbocycles. The topological polar surface area (TPSA) is 43.1 Å². The molecule has 0 heterocycles. The normalized spacial score (nSPS) is 12.5. The second-order valence-corrected chi connectivity index (χ2v) is 3.98. The van der Waals surface area contributed by atoms with Crippen LogP contribution >= 0.6 is 22.6 Å². The molecule has 0 aliphatic heterocycles. The minimum Gasteiger partial charge on any atom is -0.258 e. The third kappa shape index (κ3) is 2.40. The van der Waals surface area contributed by atoms with Gasteiger partial charge in [-0.2, -0.15) is 0 Å². The maximum absolute atomic E-state index is 12.3. The first-order valence-corrected chi connectivity index (χ1v) is 4.97. The molecule has 1 aromatic rings. The lowest BCUT2D eigenvalue weighted by Crippen LogP contribution is -1.99. The average molecular weight is 308 g/mol. The van der Waals surface area contributed by atoms with Gasteiger partial charge in [0.05, 0.1) is 15.2 Å². The van der Waals surface area contributed by atoms with Crippen molar-refractivity contribution in [2.24, 2.45) is 0 Å². The van der Waals surface area contributed by atoms with E-state index in [1.165, 1.54) is 6.07 Å². The van der Waals surface area contributed by atoms with Crippen LogP contribution in [0, 0.1) is 20.6 Å². The van der Waals surface area contributed by atoms with Gasteiger partial charge in [-0.1, -0.05) is 6.07 Å². The van der Waals surface area contributed by atoms with Gasteiger partial charge in [-0.15, -0.1) is 0 Å². The Morgan fingerprint density at radius 1 is 1.64 bits per heavy atom. The third-order valence-electron chi connectivity index (χ3n) is 1.82. The van der Waals surface area contributed by atoms with Gasteiger partial charge in [-0.3, -0.25) is 14.5 Å². The third-order valence-corrected chi connectivity index (χ3v) is 2.74. The zero-order valence-corrected chi connectivity index (χ0v) is 9.40. The summed E-state index contributed by atoms with van der Waals surface area (Å²) in [4.78, 5) is 10.1. The molecule has 1 radical (unpaired) electrons. The standard InChI is InChI=1S/C9H8FINO2/c1-6(5-10)7-2-3-8(11)9(4-7)12(13)14/h2-4,6H,1,5H2. The maximum atomic E-state index is 12.3. The molecule has 0 N–H and O–H groups in total. The predicted molar refractivity (Wildman–Crippen MR) is 59.9 cm³/mol. The first-order valence-electron chi connectivity index (χ1n) is 3.89. The van der Waals surface area contributed by atoms with Crippen LogP contribution in [0.5, 0.6) is 0 Å². The number of hydrogen-bond donors (Lipinski definition) is 0. The van der Waals surface area contributed by atoms with Crippen LogP contribution in [0.25, 0.3) is 0 Å². The molecular weight excluding hydrogens is 300 g/mol. The Labute approximate surface area is 94.6 Å². The molecule has 14 heavy (non-hydrogen) atoms. The van der Waals surface area contributed by atoms with Gasteiger partial charge in [0.1, 0.15) is 0 Å². The van der Waals surface area contributed by atoms with Gasteiger partial charge in [-0.25, -0.2) is 0 Å². The second-order valence-electron chi connectivity index (χ2n) is 2.82. The smallest absolute Gasteiger partial charge is 0.258 e. The number of nitro groups is 1. The van der Waals surface area contributed by atoms with Gasteiger partial charge < -0.3 is 0 Å². The summed E-state index contributed by atoms with van der Waals surface area (Å²) in [5.41, 5.74) is 0.560. The number of hydrogen-bond acceptors (Lipinski definition) is 2. The van der Waals surface area contributed by atoms with E-state index in [9.17, 15) is 14.5 Å². The van der Waals surface area contributed by atoms with Crippen molar-refractivity contribution < 1.29 is 9.31 Å². The lowest BCUT2D eigenvalue weighted by molar-refractivity contribution is -0.385. The quantitative estimate of drug-likeness (QED) is 0.489. The highest BCUT2D eigenvalue weighted by Gasteiger charge is 2.14. The number of nitrogens with zero attached hydrogens (tertiary/aromatic N) is 1. The van der Waals surface area contributed by atoms with Gasteiger partial charge in [-0.05, 0) is 41.1 Å². The number of benzene rings is 1. The Morgan fingerprint density at radius 3 is 2.79 bits per heavy atom. The van der Waals surface area contributed by atoms with Crippen LogP contribution in [0.4, 0.5) is 10.1 Å². The van der Waals surface area contributed by atoms with E-state index in [1.807, 2.05) is 22.6 Å². The number of nitro benzene ring substituents is 1. The largest absolute Gasteiger partial charge is 0.282 e. The molecule has 1 unspecified atom stereocenters. The summed E-state index contributed by atoms with van der Waals surface area (Å²) in [5.74, 6) is -0.536. The van der Waals surface area contributed by atoms with E-state index in [0.717, 1.165) is 0 Å². The summed E-state index contributed by atoms with van der Waals surface area (Å²) in [6.07, 6.45) is 0. The predicted octanol–water partition coefficient (Wildman–Crippen LogP) is 3.09. The maximum Gasteiger partial charge on any atom is 0.282 e. The Balaban J connectivity index is 3.12. The molecule has 0 aromatic heterocycles. The summed E-state index contributed by atoms with van der Waals surface area (Å²) in [6, 6.07) is 4.63. The summed E-state index contributed by atoms with van der Waals surface area (Å²) < 4.78 is 12.8. The Bertz CT molecular complexity index is 357. The molecule has 1 atom stereocenters. The van der Waals surface area contributed by atoms with Crippen LogP contribution in [-0.4, -0.2) is 11.6 Å². The molecule has 3 nitrogen and oxygen atoms in total. The van der Waals surface area contributed by atoms with Crippen molar-refractivity contribution >= 4 is 28.3 Å². The summed E-state index contributed by atoms with van der Waals surface area (Å²) in [7, 11) is 0. The molecule has 0 saturated carbocycles. The number of alkyl halides is 1. The first kappa shape index (κ1) is 11.4. The lowest BCUT2D eigenvalue weighted by Gasteiger charge is -2.06. The van der Waals surface area contributed by atoms with Gasteiger partial charge in [0.2, 0.25) is 0 Å². The summed E-state index contributed by atoms with van der Waals surface area (Å²) in [5, 5.41) is 10.6. The summed E-state index contributed by atoms with van der Waals surface area (Å²) in [6.45, 7) is 2.94. The van der Waals surface area contributed by atoms with Crippen LogP contribution in [0.3, 0.4) is 0 Å². The monoisotopic (exact) mass is 308 g/mol. The number of halogens is 2. The molecule has 0 fully saturated rings. The van der Waals surface area contributed by atoms with Crippen molar-refractivity contribution in [3.05, 3.63) is 44.4 Å². The average Bonchev–Trinajstić information content (AvgIpc) is 2.17. The van der Waals surface area contributed by atoms with E-state index in [1.54, 1.807) is 12.1 Å². The van der Waals surface area contributed by atoms with Crippen molar-refractivity contribution in [3.63, 3.8) is 0 Å². The molecule has 0 aliphatic rings. The Kier molecular flexibility index (Phi) is 3.79. The van der Waals surface area contributed by atoms with E-state index in [2.05, 4.69) is 6.92 Å². The highest BCUT2D eigenvalue weighted by atomic mass is 127. The summed E-state index contributed by atoms with van der Waals surface area (Å²) >= 11 is 1.87. The molecule has 0 spiro atoms. The van der Waals surface area contributed by atoms with Gasteiger partial charge in [0, 0.05) is 12.0 Å².